The van der Waals surface area contributed by atoms with Gasteiger partial charge in [-0.05, 0) is 0 Å². The number of pyridine rings is 1. The third kappa shape index (κ3) is 2.93. The van der Waals surface area contributed by atoms with Gasteiger partial charge in [-0.15, -0.1) is 13.2 Å². The maximum atomic E-state index is 12.3. The van der Waals surface area contributed by atoms with Gasteiger partial charge in [0.15, 0.2) is 5.75 Å². The zero-order valence-electron chi connectivity index (χ0n) is 7.79. The first kappa shape index (κ1) is 13.0. The van der Waals surface area contributed by atoms with Crippen molar-refractivity contribution in [3.05, 3.63) is 17.3 Å². The van der Waals surface area contributed by atoms with Gasteiger partial charge in [0.05, 0.1) is 5.56 Å². The molecule has 1 rings (SSSR count). The van der Waals surface area contributed by atoms with Gasteiger partial charge < -0.3 is 9.84 Å². The lowest BCUT2D eigenvalue weighted by Crippen LogP contribution is -2.18. The van der Waals surface area contributed by atoms with Gasteiger partial charge in [-0.2, -0.15) is 5.26 Å². The maximum absolute atomic E-state index is 12.3. The number of hydrogen-bond donors (Lipinski definition) is 1. The summed E-state index contributed by atoms with van der Waals surface area (Å²) in [7, 11) is 0. The Balaban J connectivity index is 3.27. The summed E-state index contributed by atoms with van der Waals surface area (Å²) in [5.41, 5.74) is -1.98. The van der Waals surface area contributed by atoms with Crippen molar-refractivity contribution in [2.75, 3.05) is 0 Å². The van der Waals surface area contributed by atoms with Crippen LogP contribution in [0.3, 0.4) is 0 Å². The summed E-state index contributed by atoms with van der Waals surface area (Å²) in [5, 5.41) is 17.6. The molecule has 0 unspecified atom stereocenters. The molecule has 0 aliphatic rings. The molecule has 1 aromatic heterocycles. The van der Waals surface area contributed by atoms with Gasteiger partial charge in [0.1, 0.15) is 11.6 Å². The lowest BCUT2D eigenvalue weighted by molar-refractivity contribution is -0.276. The van der Waals surface area contributed by atoms with Gasteiger partial charge in [0.25, 0.3) is 12.3 Å². The summed E-state index contributed by atoms with van der Waals surface area (Å²) in [6, 6.07) is 1.15. The quantitative estimate of drug-likeness (QED) is 0.823. The highest BCUT2D eigenvalue weighted by molar-refractivity contribution is 5.52. The molecule has 1 aromatic rings. The van der Waals surface area contributed by atoms with Crippen LogP contribution in [0.4, 0.5) is 22.0 Å². The van der Waals surface area contributed by atoms with Crippen molar-refractivity contribution in [2.45, 2.75) is 12.8 Å². The van der Waals surface area contributed by atoms with Gasteiger partial charge in [-0.3, -0.25) is 0 Å². The number of nitriles is 1. The third-order valence-electron chi connectivity index (χ3n) is 1.61. The molecule has 0 amide bonds. The first-order valence-electron chi connectivity index (χ1n) is 3.92. The standard InChI is InChI=1S/C8H3F5N2O2/c9-6(10)4-2-15-7(17-8(11,12)13)5(16)3(4)1-14/h2,6,16H. The van der Waals surface area contributed by atoms with E-state index < -0.39 is 35.5 Å². The highest BCUT2D eigenvalue weighted by Gasteiger charge is 2.34. The normalized spacial score (nSPS) is 11.4. The molecule has 0 aromatic carbocycles. The molecule has 9 heteroatoms. The van der Waals surface area contributed by atoms with Crippen LogP contribution in [0.5, 0.6) is 11.6 Å². The molecular formula is C8H3F5N2O2. The van der Waals surface area contributed by atoms with Crippen molar-refractivity contribution >= 4 is 0 Å². The molecule has 1 heterocycles. The lowest BCUT2D eigenvalue weighted by Gasteiger charge is -2.11. The minimum atomic E-state index is -5.15. The third-order valence-corrected chi connectivity index (χ3v) is 1.61. The van der Waals surface area contributed by atoms with Crippen LogP contribution in [0.15, 0.2) is 6.20 Å². The minimum Gasteiger partial charge on any atom is -0.502 e. The Kier molecular flexibility index (Phi) is 3.36. The Morgan fingerprint density at radius 1 is 1.41 bits per heavy atom. The van der Waals surface area contributed by atoms with Crippen molar-refractivity contribution in [2.24, 2.45) is 0 Å². The predicted octanol–water partition coefficient (Wildman–Crippen LogP) is 2.50. The van der Waals surface area contributed by atoms with E-state index in [1.54, 1.807) is 0 Å². The Hall–Kier alpha value is -2.11. The summed E-state index contributed by atoms with van der Waals surface area (Å²) < 4.78 is 63.3. The molecule has 0 saturated heterocycles. The number of ether oxygens (including phenoxy) is 1. The second-order valence-corrected chi connectivity index (χ2v) is 2.70. The Bertz CT molecular complexity index is 466. The van der Waals surface area contributed by atoms with Crippen molar-refractivity contribution in [1.29, 1.82) is 5.26 Å². The molecule has 92 valence electrons. The van der Waals surface area contributed by atoms with Crippen molar-refractivity contribution in [3.63, 3.8) is 0 Å². The SMILES string of the molecule is N#Cc1c(C(F)F)cnc(OC(F)(F)F)c1O. The van der Waals surface area contributed by atoms with Crippen molar-refractivity contribution in [1.82, 2.24) is 4.98 Å². The van der Waals surface area contributed by atoms with Crippen molar-refractivity contribution < 1.29 is 31.8 Å². The first-order chi connectivity index (χ1) is 7.76. The fraction of sp³-hybridized carbons (Fsp3) is 0.250. The number of hydrogen-bond acceptors (Lipinski definition) is 4. The van der Waals surface area contributed by atoms with Gasteiger partial charge in [0.2, 0.25) is 0 Å². The highest BCUT2D eigenvalue weighted by atomic mass is 19.4. The van der Waals surface area contributed by atoms with Gasteiger partial charge in [-0.1, -0.05) is 0 Å². The van der Waals surface area contributed by atoms with Crippen LogP contribution in [0.2, 0.25) is 0 Å². The van der Waals surface area contributed by atoms with Crippen LogP contribution < -0.4 is 4.74 Å². The second-order valence-electron chi connectivity index (χ2n) is 2.70. The first-order valence-corrected chi connectivity index (χ1v) is 3.92. The number of alkyl halides is 5. The van der Waals surface area contributed by atoms with Gasteiger partial charge >= 0.3 is 6.36 Å². The summed E-state index contributed by atoms with van der Waals surface area (Å²) in [6.45, 7) is 0. The van der Waals surface area contributed by atoms with E-state index in [1.165, 1.54) is 0 Å². The van der Waals surface area contributed by atoms with Crippen LogP contribution in [-0.2, 0) is 0 Å². The monoisotopic (exact) mass is 254 g/mol. The molecule has 0 bridgehead atoms. The molecule has 0 radical (unpaired) electrons. The van der Waals surface area contributed by atoms with E-state index in [2.05, 4.69) is 9.72 Å². The summed E-state index contributed by atoms with van der Waals surface area (Å²) in [6.07, 6.45) is -7.96. The number of rotatable bonds is 2. The molecule has 0 aliphatic heterocycles. The summed E-state index contributed by atoms with van der Waals surface area (Å²) >= 11 is 0. The summed E-state index contributed by atoms with van der Waals surface area (Å²) in [5.74, 6) is -2.72. The van der Waals surface area contributed by atoms with E-state index in [0.717, 1.165) is 6.07 Å². The van der Waals surface area contributed by atoms with E-state index in [-0.39, 0.29) is 0 Å². The summed E-state index contributed by atoms with van der Waals surface area (Å²) in [4.78, 5) is 2.87. The predicted molar refractivity (Wildman–Crippen MR) is 42.3 cm³/mol. The molecule has 4 nitrogen and oxygen atoms in total. The van der Waals surface area contributed by atoms with Gasteiger partial charge in [-0.25, -0.2) is 13.8 Å². The Morgan fingerprint density at radius 3 is 2.41 bits per heavy atom. The molecule has 1 N–H and O–H groups in total. The zero-order valence-corrected chi connectivity index (χ0v) is 7.79. The van der Waals surface area contributed by atoms with Crippen LogP contribution >= 0.6 is 0 Å². The smallest absolute Gasteiger partial charge is 0.502 e. The Labute approximate surface area is 90.9 Å². The van der Waals surface area contributed by atoms with Gasteiger partial charge in [0, 0.05) is 6.20 Å². The Morgan fingerprint density at radius 2 is 2.00 bits per heavy atom. The number of aromatic hydroxyl groups is 1. The number of halogens is 5. The zero-order chi connectivity index (χ0) is 13.2. The average molecular weight is 254 g/mol. The molecule has 0 atom stereocenters. The molecule has 0 fully saturated rings. The highest BCUT2D eigenvalue weighted by Crippen LogP contribution is 2.36. The molecule has 0 spiro atoms. The van der Waals surface area contributed by atoms with E-state index in [9.17, 15) is 22.0 Å². The fourth-order valence-corrected chi connectivity index (χ4v) is 0.965. The molecule has 17 heavy (non-hydrogen) atoms. The van der Waals surface area contributed by atoms with Crippen LogP contribution in [-0.4, -0.2) is 16.5 Å². The van der Waals surface area contributed by atoms with E-state index in [1.807, 2.05) is 0 Å². The topological polar surface area (TPSA) is 66.1 Å². The molecule has 0 aliphatic carbocycles. The van der Waals surface area contributed by atoms with Crippen LogP contribution in [0.1, 0.15) is 17.6 Å². The number of nitrogens with zero attached hydrogens (tertiary/aromatic N) is 2. The van der Waals surface area contributed by atoms with Crippen LogP contribution in [0, 0.1) is 11.3 Å². The van der Waals surface area contributed by atoms with E-state index in [4.69, 9.17) is 10.4 Å². The molecular weight excluding hydrogens is 251 g/mol. The average Bonchev–Trinajstić information content (AvgIpc) is 2.18. The van der Waals surface area contributed by atoms with E-state index >= 15 is 0 Å². The minimum absolute atomic E-state index is 0.337. The lowest BCUT2D eigenvalue weighted by atomic mass is 10.1. The van der Waals surface area contributed by atoms with Crippen molar-refractivity contribution in [3.8, 4) is 17.7 Å². The largest absolute Gasteiger partial charge is 0.574 e. The molecule has 0 saturated carbocycles. The fourth-order valence-electron chi connectivity index (χ4n) is 0.965. The number of aromatic nitrogens is 1. The van der Waals surface area contributed by atoms with Crippen LogP contribution in [0.25, 0.3) is 0 Å². The second kappa shape index (κ2) is 4.40. The maximum Gasteiger partial charge on any atom is 0.574 e. The van der Waals surface area contributed by atoms with E-state index in [0.29, 0.717) is 6.20 Å².